The van der Waals surface area contributed by atoms with Gasteiger partial charge in [0.05, 0.1) is 0 Å². The van der Waals surface area contributed by atoms with Crippen LogP contribution < -0.4 is 10.7 Å². The maximum atomic E-state index is 12.8. The number of ketones is 1. The van der Waals surface area contributed by atoms with Gasteiger partial charge in [0.1, 0.15) is 11.4 Å². The van der Waals surface area contributed by atoms with E-state index in [1.165, 1.54) is 6.92 Å². The normalized spacial score (nSPS) is 12.2. The smallest absolute Gasteiger partial charge is 0.339 e. The van der Waals surface area contributed by atoms with Gasteiger partial charge in [-0.15, -0.1) is 0 Å². The van der Waals surface area contributed by atoms with Crippen molar-refractivity contribution < 1.29 is 14.3 Å². The van der Waals surface area contributed by atoms with E-state index in [1.54, 1.807) is 48.5 Å². The van der Waals surface area contributed by atoms with Gasteiger partial charge >= 0.3 is 5.63 Å². The molecule has 0 N–H and O–H groups in total. The van der Waals surface area contributed by atoms with Gasteiger partial charge < -0.3 is 9.52 Å². The van der Waals surface area contributed by atoms with Crippen LogP contribution in [0.15, 0.2) is 57.7 Å². The highest BCUT2D eigenvalue weighted by Crippen LogP contribution is 2.34. The number of carbonyl (C=O) groups is 1. The Hall–Kier alpha value is -2.59. The third kappa shape index (κ3) is 3.05. The number of hydrogen-bond donors (Lipinski definition) is 0. The summed E-state index contributed by atoms with van der Waals surface area (Å²) in [5, 5.41) is 13.7. The molecule has 0 aliphatic carbocycles. The molecule has 1 aromatic heterocycles. The molecule has 1 atom stereocenters. The minimum Gasteiger partial charge on any atom is -0.872 e. The molecule has 0 spiro atoms. The zero-order valence-corrected chi connectivity index (χ0v) is 13.7. The van der Waals surface area contributed by atoms with E-state index in [1.807, 2.05) is 0 Å². The number of para-hydroxylation sites is 1. The first-order valence-electron chi connectivity index (χ1n) is 7.45. The molecular formula is C19H14ClO4-. The first-order chi connectivity index (χ1) is 11.5. The fourth-order valence-electron chi connectivity index (χ4n) is 2.81. The van der Waals surface area contributed by atoms with Crippen molar-refractivity contribution in [1.29, 1.82) is 0 Å². The molecule has 3 aromatic rings. The van der Waals surface area contributed by atoms with Crippen LogP contribution in [0.4, 0.5) is 0 Å². The number of carbonyl (C=O) groups excluding carboxylic acids is 1. The predicted molar refractivity (Wildman–Crippen MR) is 90.5 cm³/mol. The second kappa shape index (κ2) is 6.49. The maximum absolute atomic E-state index is 12.8. The highest BCUT2D eigenvalue weighted by molar-refractivity contribution is 6.30. The van der Waals surface area contributed by atoms with Crippen LogP contribution in [0.25, 0.3) is 11.0 Å². The van der Waals surface area contributed by atoms with Crippen LogP contribution in [0.3, 0.4) is 0 Å². The molecule has 0 aliphatic heterocycles. The number of hydrogen-bond acceptors (Lipinski definition) is 4. The van der Waals surface area contributed by atoms with Crippen LogP contribution in [0.5, 0.6) is 5.75 Å². The van der Waals surface area contributed by atoms with Crippen molar-refractivity contribution >= 4 is 28.4 Å². The van der Waals surface area contributed by atoms with Crippen molar-refractivity contribution in [1.82, 2.24) is 0 Å². The van der Waals surface area contributed by atoms with Gasteiger partial charge in [-0.3, -0.25) is 4.79 Å². The van der Waals surface area contributed by atoms with Crippen LogP contribution in [0, 0.1) is 0 Å². The van der Waals surface area contributed by atoms with E-state index in [9.17, 15) is 14.7 Å². The van der Waals surface area contributed by atoms with Gasteiger partial charge in [-0.1, -0.05) is 47.7 Å². The average molecular weight is 342 g/mol. The third-order valence-corrected chi connectivity index (χ3v) is 4.16. The number of fused-ring (bicyclic) bond motifs is 1. The van der Waals surface area contributed by atoms with Crippen molar-refractivity contribution in [3.63, 3.8) is 0 Å². The largest absolute Gasteiger partial charge is 0.872 e. The molecular weight excluding hydrogens is 328 g/mol. The fourth-order valence-corrected chi connectivity index (χ4v) is 2.93. The van der Waals surface area contributed by atoms with E-state index in [-0.39, 0.29) is 23.4 Å². The Bertz CT molecular complexity index is 957. The van der Waals surface area contributed by atoms with Gasteiger partial charge in [0.2, 0.25) is 0 Å². The second-order valence-corrected chi connectivity index (χ2v) is 6.08. The second-order valence-electron chi connectivity index (χ2n) is 5.64. The van der Waals surface area contributed by atoms with Gasteiger partial charge in [-0.2, -0.15) is 0 Å². The summed E-state index contributed by atoms with van der Waals surface area (Å²) < 4.78 is 5.29. The number of rotatable bonds is 4. The third-order valence-electron chi connectivity index (χ3n) is 3.91. The Labute approximate surface area is 143 Å². The Kier molecular flexibility index (Phi) is 4.40. The van der Waals surface area contributed by atoms with Crippen molar-refractivity contribution in [3.8, 4) is 5.75 Å². The minimum atomic E-state index is -0.708. The zero-order valence-electron chi connectivity index (χ0n) is 12.9. The van der Waals surface area contributed by atoms with Crippen molar-refractivity contribution in [3.05, 3.63) is 75.1 Å². The summed E-state index contributed by atoms with van der Waals surface area (Å²) in [6, 6.07) is 13.3. The van der Waals surface area contributed by atoms with E-state index >= 15 is 0 Å². The first kappa shape index (κ1) is 16.3. The molecule has 0 amide bonds. The molecule has 0 saturated heterocycles. The molecule has 2 aromatic carbocycles. The molecule has 0 bridgehead atoms. The van der Waals surface area contributed by atoms with E-state index in [2.05, 4.69) is 0 Å². The fraction of sp³-hybridized carbons (Fsp3) is 0.158. The highest BCUT2D eigenvalue weighted by atomic mass is 35.5. The van der Waals surface area contributed by atoms with Gasteiger partial charge in [-0.05, 0) is 30.7 Å². The zero-order chi connectivity index (χ0) is 17.3. The standard InChI is InChI=1S/C19H15ClO4/c1-11(21)10-15(12-6-8-13(20)9-7-12)17-18(22)14-4-2-3-5-16(14)24-19(17)23/h2-9,15,22H,10H2,1H3/p-1/t15-/m0/s1. The number of benzene rings is 2. The van der Waals surface area contributed by atoms with Crippen molar-refractivity contribution in [2.75, 3.05) is 0 Å². The van der Waals surface area contributed by atoms with Gasteiger partial charge in [0.25, 0.3) is 0 Å². The lowest BCUT2D eigenvalue weighted by atomic mass is 9.87. The molecule has 122 valence electrons. The Balaban J connectivity index is 2.24. The topological polar surface area (TPSA) is 70.3 Å². The van der Waals surface area contributed by atoms with Crippen molar-refractivity contribution in [2.45, 2.75) is 19.3 Å². The number of halogens is 1. The van der Waals surface area contributed by atoms with Gasteiger partial charge in [0, 0.05) is 28.3 Å². The summed E-state index contributed by atoms with van der Waals surface area (Å²) in [5.74, 6) is -1.18. The molecule has 0 fully saturated rings. The summed E-state index contributed by atoms with van der Waals surface area (Å²) in [6.45, 7) is 1.43. The lowest BCUT2D eigenvalue weighted by molar-refractivity contribution is -0.267. The molecule has 0 radical (unpaired) electrons. The summed E-state index contributed by atoms with van der Waals surface area (Å²) in [6.07, 6.45) is 0.0416. The highest BCUT2D eigenvalue weighted by Gasteiger charge is 2.22. The van der Waals surface area contributed by atoms with E-state index < -0.39 is 17.3 Å². The van der Waals surface area contributed by atoms with Crippen LogP contribution >= 0.6 is 11.6 Å². The van der Waals surface area contributed by atoms with E-state index in [4.69, 9.17) is 16.0 Å². The van der Waals surface area contributed by atoms with E-state index in [0.717, 1.165) is 0 Å². The SMILES string of the molecule is CC(=O)C[C@@H](c1ccc(Cl)cc1)c1c([O-])c2ccccc2oc1=O. The average Bonchev–Trinajstić information content (AvgIpc) is 2.54. The predicted octanol–water partition coefficient (Wildman–Crippen LogP) is 3.63. The molecule has 0 saturated carbocycles. The van der Waals surface area contributed by atoms with Crippen LogP contribution in [0.2, 0.25) is 5.02 Å². The molecule has 4 nitrogen and oxygen atoms in total. The summed E-state index contributed by atoms with van der Waals surface area (Å²) in [5.41, 5.74) is 0.189. The van der Waals surface area contributed by atoms with Crippen LogP contribution in [-0.4, -0.2) is 5.78 Å². The monoisotopic (exact) mass is 341 g/mol. The van der Waals surface area contributed by atoms with Gasteiger partial charge in [-0.25, -0.2) is 4.79 Å². The minimum absolute atomic E-state index is 0.0220. The molecule has 1 heterocycles. The molecule has 24 heavy (non-hydrogen) atoms. The van der Waals surface area contributed by atoms with Crippen molar-refractivity contribution in [2.24, 2.45) is 0 Å². The molecule has 3 rings (SSSR count). The summed E-state index contributed by atoms with van der Waals surface area (Å²) >= 11 is 5.90. The maximum Gasteiger partial charge on any atom is 0.339 e. The Morgan fingerprint density at radius 2 is 1.83 bits per heavy atom. The summed E-state index contributed by atoms with van der Waals surface area (Å²) in [7, 11) is 0. The Morgan fingerprint density at radius 1 is 1.17 bits per heavy atom. The molecule has 0 unspecified atom stereocenters. The van der Waals surface area contributed by atoms with Crippen LogP contribution in [-0.2, 0) is 4.79 Å². The molecule has 0 aliphatic rings. The quantitative estimate of drug-likeness (QED) is 0.679. The van der Waals surface area contributed by atoms with E-state index in [0.29, 0.717) is 16.0 Å². The van der Waals surface area contributed by atoms with Gasteiger partial charge in [0.15, 0.2) is 0 Å². The summed E-state index contributed by atoms with van der Waals surface area (Å²) in [4.78, 5) is 24.1. The number of Topliss-reactive ketones (excluding diaryl/α,β-unsaturated/α-hetero) is 1. The van der Waals surface area contributed by atoms with Crippen LogP contribution in [0.1, 0.15) is 30.4 Å². The Morgan fingerprint density at radius 3 is 2.50 bits per heavy atom. The first-order valence-corrected chi connectivity index (χ1v) is 7.83. The lowest BCUT2D eigenvalue weighted by Crippen LogP contribution is -2.19. The molecule has 5 heteroatoms. The lowest BCUT2D eigenvalue weighted by Gasteiger charge is -2.22.